The van der Waals surface area contributed by atoms with Crippen molar-refractivity contribution in [2.45, 2.75) is 299 Å². The van der Waals surface area contributed by atoms with E-state index < -0.39 is 86.8 Å². The van der Waals surface area contributed by atoms with Crippen LogP contribution >= 0.6 is 0 Å². The summed E-state index contributed by atoms with van der Waals surface area (Å²) in [5.41, 5.74) is 0. The molecule has 12 unspecified atom stereocenters. The van der Waals surface area contributed by atoms with Crippen molar-refractivity contribution in [1.82, 2.24) is 5.32 Å². The number of allylic oxidation sites excluding steroid dienone is 5. The van der Waals surface area contributed by atoms with Gasteiger partial charge in [0.05, 0.1) is 32.0 Å². The molecule has 0 spiro atoms. The van der Waals surface area contributed by atoms with Crippen LogP contribution in [0.3, 0.4) is 0 Å². The third kappa shape index (κ3) is 29.8. The van der Waals surface area contributed by atoms with Crippen LogP contribution in [0.1, 0.15) is 226 Å². The summed E-state index contributed by atoms with van der Waals surface area (Å²) in [6.45, 7) is 2.75. The summed E-state index contributed by atoms with van der Waals surface area (Å²) in [6.07, 6.45) is 34.9. The number of aliphatic hydroxyl groups excluding tert-OH is 8. The fourth-order valence-corrected chi connectivity index (χ4v) is 9.36. The van der Waals surface area contributed by atoms with Gasteiger partial charge in [-0.1, -0.05) is 198 Å². The Bertz CT molecular complexity index is 1330. The van der Waals surface area contributed by atoms with Gasteiger partial charge in [0, 0.05) is 6.42 Å². The predicted molar refractivity (Wildman–Crippen MR) is 281 cm³/mol. The molecule has 9 N–H and O–H groups in total. The molecule has 12 atom stereocenters. The van der Waals surface area contributed by atoms with Crippen LogP contribution in [0.15, 0.2) is 36.5 Å². The van der Waals surface area contributed by atoms with Crippen LogP contribution in [0.5, 0.6) is 0 Å². The van der Waals surface area contributed by atoms with Crippen LogP contribution in [0.25, 0.3) is 0 Å². The van der Waals surface area contributed by atoms with E-state index in [1.54, 1.807) is 6.08 Å². The first-order chi connectivity index (χ1) is 34.6. The largest absolute Gasteiger partial charge is 0.394 e. The van der Waals surface area contributed by atoms with Gasteiger partial charge in [-0.2, -0.15) is 0 Å². The summed E-state index contributed by atoms with van der Waals surface area (Å²) >= 11 is 0. The van der Waals surface area contributed by atoms with E-state index in [1.807, 2.05) is 6.08 Å². The van der Waals surface area contributed by atoms with Crippen molar-refractivity contribution in [3.63, 3.8) is 0 Å². The number of carbonyl (C=O) groups excluding carboxylic acids is 1. The molecule has 0 saturated carbocycles. The van der Waals surface area contributed by atoms with Gasteiger partial charge >= 0.3 is 0 Å². The van der Waals surface area contributed by atoms with Crippen molar-refractivity contribution in [2.75, 3.05) is 19.8 Å². The van der Waals surface area contributed by atoms with Crippen LogP contribution in [0.4, 0.5) is 0 Å². The first-order valence-electron chi connectivity index (χ1n) is 28.7. The topological polar surface area (TPSA) is 228 Å². The molecule has 14 heteroatoms. The van der Waals surface area contributed by atoms with Crippen molar-refractivity contribution in [1.29, 1.82) is 0 Å². The number of rotatable bonds is 45. The highest BCUT2D eigenvalue weighted by Crippen LogP contribution is 2.30. The molecule has 71 heavy (non-hydrogen) atoms. The molecule has 0 aromatic heterocycles. The predicted octanol–water partition coefficient (Wildman–Crippen LogP) is 9.05. The molecule has 2 rings (SSSR count). The Balaban J connectivity index is 1.77. The zero-order valence-corrected chi connectivity index (χ0v) is 44.5. The van der Waals surface area contributed by atoms with E-state index in [-0.39, 0.29) is 18.9 Å². The number of hydrogen-bond donors (Lipinski definition) is 9. The van der Waals surface area contributed by atoms with E-state index in [2.05, 4.69) is 43.5 Å². The third-order valence-electron chi connectivity index (χ3n) is 14.0. The number of ether oxygens (including phenoxy) is 4. The van der Waals surface area contributed by atoms with Gasteiger partial charge in [-0.05, 0) is 57.8 Å². The van der Waals surface area contributed by atoms with Crippen molar-refractivity contribution in [2.24, 2.45) is 0 Å². The second-order valence-corrected chi connectivity index (χ2v) is 20.4. The summed E-state index contributed by atoms with van der Waals surface area (Å²) < 4.78 is 22.7. The van der Waals surface area contributed by atoms with E-state index >= 15 is 0 Å². The van der Waals surface area contributed by atoms with E-state index in [1.165, 1.54) is 141 Å². The highest BCUT2D eigenvalue weighted by atomic mass is 16.7. The lowest BCUT2D eigenvalue weighted by Crippen LogP contribution is -2.65. The monoisotopic (exact) mass is 1010 g/mol. The molecular formula is C57H105NO13. The average Bonchev–Trinajstić information content (AvgIpc) is 3.37. The molecule has 0 radical (unpaired) electrons. The van der Waals surface area contributed by atoms with Gasteiger partial charge in [-0.25, -0.2) is 0 Å². The highest BCUT2D eigenvalue weighted by Gasteiger charge is 2.51. The molecule has 416 valence electrons. The maximum atomic E-state index is 13.2. The average molecular weight is 1010 g/mol. The van der Waals surface area contributed by atoms with Crippen molar-refractivity contribution in [3.8, 4) is 0 Å². The standard InChI is InChI=1S/C57H105NO13/c1-3-5-7-9-11-13-15-17-18-19-20-21-22-23-24-25-26-27-28-29-30-32-34-36-38-40-46(61)45(58-49(62)41-39-37-35-33-31-16-14-12-10-8-6-4-2)44-68-56-54(67)52(65)55(48(43-60)70-56)71-57-53(66)51(64)50(63)47(42-59)69-57/h12,14,30,32,38,40,45-48,50-57,59-61,63-67H,3-11,13,15-29,31,33-37,39,41-44H2,1-2H3,(H,58,62)/b14-12-,32-30+,40-38+. The van der Waals surface area contributed by atoms with Gasteiger partial charge in [-0.15, -0.1) is 0 Å². The fourth-order valence-electron chi connectivity index (χ4n) is 9.36. The number of aliphatic hydroxyl groups is 8. The molecule has 0 bridgehead atoms. The lowest BCUT2D eigenvalue weighted by atomic mass is 9.97. The van der Waals surface area contributed by atoms with Gasteiger partial charge in [0.25, 0.3) is 0 Å². The second-order valence-electron chi connectivity index (χ2n) is 20.4. The Kier molecular flexibility index (Phi) is 40.0. The number of carbonyl (C=O) groups is 1. The van der Waals surface area contributed by atoms with Crippen molar-refractivity contribution in [3.05, 3.63) is 36.5 Å². The van der Waals surface area contributed by atoms with Gasteiger partial charge in [-0.3, -0.25) is 4.79 Å². The van der Waals surface area contributed by atoms with Gasteiger partial charge in [0.15, 0.2) is 12.6 Å². The van der Waals surface area contributed by atoms with E-state index in [0.29, 0.717) is 12.8 Å². The quantitative estimate of drug-likeness (QED) is 0.0205. The molecule has 14 nitrogen and oxygen atoms in total. The number of amides is 1. The Morgan fingerprint density at radius 2 is 0.901 bits per heavy atom. The lowest BCUT2D eigenvalue weighted by molar-refractivity contribution is -0.359. The summed E-state index contributed by atoms with van der Waals surface area (Å²) in [7, 11) is 0. The normalized spacial score (nSPS) is 26.0. The SMILES string of the molecule is CCCCC/C=C\CCCCCCCC(=O)NC(COC1OC(CO)C(OC2OC(CO)C(O)C(O)C2O)C(O)C1O)C(O)/C=C/CC/C=C/CCCCCCCCCCCCCCCCCCCCC. The summed E-state index contributed by atoms with van der Waals surface area (Å²) in [5, 5.41) is 86.9. The van der Waals surface area contributed by atoms with Gasteiger partial charge in [0.2, 0.25) is 5.91 Å². The van der Waals surface area contributed by atoms with Crippen LogP contribution in [0, 0.1) is 0 Å². The molecule has 0 aromatic rings. The second kappa shape index (κ2) is 43.4. The number of unbranched alkanes of at least 4 members (excludes halogenated alkanes) is 28. The Morgan fingerprint density at radius 1 is 0.493 bits per heavy atom. The molecule has 2 aliphatic heterocycles. The van der Waals surface area contributed by atoms with E-state index in [0.717, 1.165) is 51.4 Å². The Labute approximate surface area is 430 Å². The van der Waals surface area contributed by atoms with Crippen molar-refractivity contribution >= 4 is 5.91 Å². The van der Waals surface area contributed by atoms with Crippen LogP contribution in [0.2, 0.25) is 0 Å². The zero-order chi connectivity index (χ0) is 51.7. The smallest absolute Gasteiger partial charge is 0.220 e. The van der Waals surface area contributed by atoms with Crippen LogP contribution < -0.4 is 5.32 Å². The third-order valence-corrected chi connectivity index (χ3v) is 14.0. The minimum absolute atomic E-state index is 0.259. The molecular weight excluding hydrogens is 907 g/mol. The minimum Gasteiger partial charge on any atom is -0.394 e. The first kappa shape index (κ1) is 65.3. The molecule has 0 aliphatic carbocycles. The first-order valence-corrected chi connectivity index (χ1v) is 28.7. The maximum absolute atomic E-state index is 13.2. The highest BCUT2D eigenvalue weighted by molar-refractivity contribution is 5.76. The summed E-state index contributed by atoms with van der Waals surface area (Å²) in [6, 6.07) is -0.934. The lowest BCUT2D eigenvalue weighted by Gasteiger charge is -2.46. The number of nitrogens with one attached hydrogen (secondary N) is 1. The fraction of sp³-hybridized carbons (Fsp3) is 0.877. The molecule has 2 aliphatic rings. The minimum atomic E-state index is -1.79. The molecule has 0 aromatic carbocycles. The molecule has 2 heterocycles. The molecule has 2 fully saturated rings. The van der Waals surface area contributed by atoms with Crippen LogP contribution in [-0.4, -0.2) is 140 Å². The summed E-state index contributed by atoms with van der Waals surface area (Å²) in [4.78, 5) is 13.2. The maximum Gasteiger partial charge on any atom is 0.220 e. The zero-order valence-electron chi connectivity index (χ0n) is 44.5. The van der Waals surface area contributed by atoms with Crippen LogP contribution in [-0.2, 0) is 23.7 Å². The van der Waals surface area contributed by atoms with E-state index in [4.69, 9.17) is 18.9 Å². The van der Waals surface area contributed by atoms with Gasteiger partial charge in [0.1, 0.15) is 48.8 Å². The summed E-state index contributed by atoms with van der Waals surface area (Å²) in [5.74, 6) is -0.259. The molecule has 2 saturated heterocycles. The van der Waals surface area contributed by atoms with Crippen molar-refractivity contribution < 1.29 is 64.6 Å². The Hall–Kier alpha value is -1.79. The number of hydrogen-bond acceptors (Lipinski definition) is 13. The molecule has 1 amide bonds. The Morgan fingerprint density at radius 3 is 1.41 bits per heavy atom. The van der Waals surface area contributed by atoms with Gasteiger partial charge < -0.3 is 65.1 Å². The van der Waals surface area contributed by atoms with E-state index in [9.17, 15) is 45.6 Å².